The van der Waals surface area contributed by atoms with Crippen molar-refractivity contribution >= 4 is 7.12 Å². The van der Waals surface area contributed by atoms with Gasteiger partial charge in [0.15, 0.2) is 0 Å². The molecule has 1 aliphatic heterocycles. The number of hydrogen-bond acceptors (Lipinski definition) is 2. The van der Waals surface area contributed by atoms with Crippen LogP contribution in [0.5, 0.6) is 0 Å². The molecule has 0 aromatic rings. The van der Waals surface area contributed by atoms with E-state index >= 15 is 0 Å². The molecule has 2 nitrogen and oxygen atoms in total. The first-order chi connectivity index (χ1) is 4.20. The van der Waals surface area contributed by atoms with Crippen LogP contribution in [0.3, 0.4) is 0 Å². The third-order valence-corrected chi connectivity index (χ3v) is 1.80. The number of rotatable bonds is 0. The highest BCUT2D eigenvalue weighted by atomic mass is 16.6. The van der Waals surface area contributed by atoms with Gasteiger partial charge >= 0.3 is 7.12 Å². The first kappa shape index (κ1) is 7.10. The molecule has 0 N–H and O–H groups in total. The predicted molar refractivity (Wildman–Crippen MR) is 37.3 cm³/mol. The van der Waals surface area contributed by atoms with Crippen LogP contribution in [0.2, 0.25) is 6.82 Å². The van der Waals surface area contributed by atoms with Gasteiger partial charge in [-0.3, -0.25) is 0 Å². The molecule has 1 saturated heterocycles. The zero-order valence-electron chi connectivity index (χ0n) is 6.26. The van der Waals surface area contributed by atoms with Crippen molar-refractivity contribution in [2.24, 2.45) is 5.92 Å². The average Bonchev–Trinajstić information content (AvgIpc) is 1.80. The Labute approximate surface area is 56.7 Å². The summed E-state index contributed by atoms with van der Waals surface area (Å²) in [7, 11) is -0.00352. The van der Waals surface area contributed by atoms with E-state index in [4.69, 9.17) is 9.31 Å². The van der Waals surface area contributed by atoms with E-state index < -0.39 is 0 Å². The van der Waals surface area contributed by atoms with Crippen LogP contribution in [-0.2, 0) is 9.31 Å². The third kappa shape index (κ3) is 1.70. The van der Waals surface area contributed by atoms with Crippen molar-refractivity contribution in [1.29, 1.82) is 0 Å². The highest BCUT2D eigenvalue weighted by Gasteiger charge is 2.25. The Balaban J connectivity index is 2.35. The summed E-state index contributed by atoms with van der Waals surface area (Å²) in [6.07, 6.45) is 0.355. The fourth-order valence-corrected chi connectivity index (χ4v) is 0.898. The van der Waals surface area contributed by atoms with Crippen LogP contribution in [0, 0.1) is 5.92 Å². The van der Waals surface area contributed by atoms with Gasteiger partial charge in [0.25, 0.3) is 0 Å². The molecular weight excluding hydrogens is 115 g/mol. The summed E-state index contributed by atoms with van der Waals surface area (Å²) >= 11 is 0. The van der Waals surface area contributed by atoms with E-state index in [2.05, 4.69) is 13.8 Å². The van der Waals surface area contributed by atoms with Gasteiger partial charge in [-0.2, -0.15) is 0 Å². The minimum atomic E-state index is -0.00352. The predicted octanol–water partition coefficient (Wildman–Crippen LogP) is 1.18. The maximum Gasteiger partial charge on any atom is 0.453 e. The first-order valence-electron chi connectivity index (χ1n) is 3.47. The topological polar surface area (TPSA) is 18.5 Å². The fraction of sp³-hybridized carbons (Fsp3) is 1.00. The van der Waals surface area contributed by atoms with E-state index in [-0.39, 0.29) is 7.12 Å². The van der Waals surface area contributed by atoms with Crippen molar-refractivity contribution in [2.45, 2.75) is 26.8 Å². The standard InChI is InChI=1S/C6H13BO2/c1-5-4-8-7(3)9-6(5)2/h5-6H,4H2,1-3H3/t5-,6+/m1/s1. The molecule has 0 radical (unpaired) electrons. The molecule has 1 rings (SSSR count). The van der Waals surface area contributed by atoms with Crippen LogP contribution in [0.15, 0.2) is 0 Å². The molecule has 3 heteroatoms. The van der Waals surface area contributed by atoms with Gasteiger partial charge < -0.3 is 9.31 Å². The van der Waals surface area contributed by atoms with Gasteiger partial charge in [-0.05, 0) is 13.7 Å². The molecule has 0 aromatic heterocycles. The zero-order valence-corrected chi connectivity index (χ0v) is 6.26. The Morgan fingerprint density at radius 3 is 2.56 bits per heavy atom. The van der Waals surface area contributed by atoms with Gasteiger partial charge in [-0.25, -0.2) is 0 Å². The molecule has 0 spiro atoms. The zero-order chi connectivity index (χ0) is 6.85. The van der Waals surface area contributed by atoms with Crippen LogP contribution in [0.25, 0.3) is 0 Å². The summed E-state index contributed by atoms with van der Waals surface area (Å²) < 4.78 is 10.6. The van der Waals surface area contributed by atoms with Gasteiger partial charge in [0.1, 0.15) is 0 Å². The molecule has 1 heterocycles. The molecule has 1 aliphatic rings. The molecule has 9 heavy (non-hydrogen) atoms. The molecular formula is C6H13BO2. The Morgan fingerprint density at radius 1 is 1.44 bits per heavy atom. The SMILES string of the molecule is CB1OC[C@@H](C)[C@H](C)O1. The van der Waals surface area contributed by atoms with Gasteiger partial charge in [-0.15, -0.1) is 0 Å². The quantitative estimate of drug-likeness (QED) is 0.456. The van der Waals surface area contributed by atoms with E-state index in [1.807, 2.05) is 6.82 Å². The van der Waals surface area contributed by atoms with E-state index in [1.54, 1.807) is 0 Å². The second kappa shape index (κ2) is 2.71. The lowest BCUT2D eigenvalue weighted by Crippen LogP contribution is -2.38. The van der Waals surface area contributed by atoms with Crippen LogP contribution in [-0.4, -0.2) is 19.8 Å². The lowest BCUT2D eigenvalue weighted by molar-refractivity contribution is 0.0341. The van der Waals surface area contributed by atoms with Crippen LogP contribution in [0.4, 0.5) is 0 Å². The summed E-state index contributed by atoms with van der Waals surface area (Å²) in [5, 5.41) is 0. The summed E-state index contributed by atoms with van der Waals surface area (Å²) in [6, 6.07) is 0. The second-order valence-corrected chi connectivity index (χ2v) is 2.72. The van der Waals surface area contributed by atoms with Gasteiger partial charge in [0, 0.05) is 18.6 Å². The van der Waals surface area contributed by atoms with Crippen LogP contribution in [0.1, 0.15) is 13.8 Å². The fourth-order valence-electron chi connectivity index (χ4n) is 0.898. The van der Waals surface area contributed by atoms with Crippen molar-refractivity contribution in [2.75, 3.05) is 6.61 Å². The minimum absolute atomic E-state index is 0.00352. The van der Waals surface area contributed by atoms with Gasteiger partial charge in [0.2, 0.25) is 0 Å². The Hall–Kier alpha value is -0.0151. The van der Waals surface area contributed by atoms with Crippen molar-refractivity contribution in [3.05, 3.63) is 0 Å². The highest BCUT2D eigenvalue weighted by Crippen LogP contribution is 2.14. The molecule has 1 fully saturated rings. The molecule has 52 valence electrons. The molecule has 0 saturated carbocycles. The Bertz CT molecular complexity index is 97.1. The molecule has 0 bridgehead atoms. The molecule has 0 amide bonds. The van der Waals surface area contributed by atoms with Gasteiger partial charge in [-0.1, -0.05) is 6.92 Å². The van der Waals surface area contributed by atoms with E-state index in [0.29, 0.717) is 12.0 Å². The molecule has 0 unspecified atom stereocenters. The first-order valence-corrected chi connectivity index (χ1v) is 3.47. The Morgan fingerprint density at radius 2 is 2.11 bits per heavy atom. The average molecular weight is 128 g/mol. The minimum Gasteiger partial charge on any atom is -0.411 e. The summed E-state index contributed by atoms with van der Waals surface area (Å²) in [5.41, 5.74) is 0. The smallest absolute Gasteiger partial charge is 0.411 e. The van der Waals surface area contributed by atoms with E-state index in [1.165, 1.54) is 0 Å². The number of hydrogen-bond donors (Lipinski definition) is 0. The largest absolute Gasteiger partial charge is 0.453 e. The Kier molecular flexibility index (Phi) is 2.14. The second-order valence-electron chi connectivity index (χ2n) is 2.72. The van der Waals surface area contributed by atoms with Crippen LogP contribution >= 0.6 is 0 Å². The normalized spacial score (nSPS) is 37.0. The lowest BCUT2D eigenvalue weighted by Gasteiger charge is -2.29. The lowest BCUT2D eigenvalue weighted by atomic mass is 9.90. The van der Waals surface area contributed by atoms with Crippen LogP contribution < -0.4 is 0 Å². The van der Waals surface area contributed by atoms with E-state index in [0.717, 1.165) is 6.61 Å². The van der Waals surface area contributed by atoms with Crippen molar-refractivity contribution < 1.29 is 9.31 Å². The van der Waals surface area contributed by atoms with E-state index in [9.17, 15) is 0 Å². The molecule has 0 aromatic carbocycles. The molecule has 0 aliphatic carbocycles. The van der Waals surface area contributed by atoms with Crippen molar-refractivity contribution in [3.63, 3.8) is 0 Å². The molecule has 2 atom stereocenters. The maximum atomic E-state index is 5.38. The summed E-state index contributed by atoms with van der Waals surface area (Å²) in [6.45, 7) is 6.99. The summed E-state index contributed by atoms with van der Waals surface area (Å²) in [4.78, 5) is 0. The van der Waals surface area contributed by atoms with Gasteiger partial charge in [0.05, 0.1) is 0 Å². The highest BCUT2D eigenvalue weighted by molar-refractivity contribution is 6.42. The monoisotopic (exact) mass is 128 g/mol. The van der Waals surface area contributed by atoms with Crippen molar-refractivity contribution in [1.82, 2.24) is 0 Å². The van der Waals surface area contributed by atoms with Crippen molar-refractivity contribution in [3.8, 4) is 0 Å². The maximum absolute atomic E-state index is 5.38. The third-order valence-electron chi connectivity index (χ3n) is 1.80. The summed E-state index contributed by atoms with van der Waals surface area (Å²) in [5.74, 6) is 0.543.